The molecule has 0 fully saturated rings. The number of hydrogen-bond donors (Lipinski definition) is 0. The quantitative estimate of drug-likeness (QED) is 0.313. The standard InChI is InChI=1S/C3H7P.CO.Ni/c1-2-3-4;1-2;/h2H,1,3-4H2;;. The number of hydrogen-bond acceptors (Lipinski definition) is 1. The molecule has 0 saturated heterocycles. The summed E-state index contributed by atoms with van der Waals surface area (Å²) in [6.45, 7) is 7.96. The van der Waals surface area contributed by atoms with Crippen LogP contribution in [-0.2, 0) is 21.3 Å². The summed E-state index contributed by atoms with van der Waals surface area (Å²) >= 11 is 0. The molecule has 0 amide bonds. The van der Waals surface area contributed by atoms with Crippen molar-refractivity contribution >= 4 is 16.0 Å². The van der Waals surface area contributed by atoms with Gasteiger partial charge in [-0.25, -0.2) is 0 Å². The molecule has 1 unspecified atom stereocenters. The largest absolute Gasteiger partial charge is 0.281 e. The first-order valence-corrected chi connectivity index (χ1v) is 2.25. The zero-order chi connectivity index (χ0) is 5.41. The second-order valence-electron chi connectivity index (χ2n) is 0.524. The van der Waals surface area contributed by atoms with Gasteiger partial charge in [-0.15, -0.1) is 15.8 Å². The van der Waals surface area contributed by atoms with Crippen molar-refractivity contribution in [1.82, 2.24) is 0 Å². The van der Waals surface area contributed by atoms with Crippen LogP contribution >= 0.6 is 9.24 Å². The molecule has 2 radical (unpaired) electrons. The second kappa shape index (κ2) is 33.1. The molecule has 0 aromatic heterocycles. The normalized spacial score (nSPS) is 4.14. The smallest absolute Gasteiger partial charge is 0.281 e. The zero-order valence-electron chi connectivity index (χ0n) is 3.79. The van der Waals surface area contributed by atoms with Gasteiger partial charge in [0.05, 0.1) is 0 Å². The van der Waals surface area contributed by atoms with E-state index >= 15 is 0 Å². The molecule has 0 aromatic carbocycles. The molecule has 0 aliphatic carbocycles. The fraction of sp³-hybridized carbons (Fsp3) is 0.250. The van der Waals surface area contributed by atoms with E-state index in [2.05, 4.69) is 22.6 Å². The minimum absolute atomic E-state index is 0. The summed E-state index contributed by atoms with van der Waals surface area (Å²) in [5, 5.41) is 0. The molecule has 3 heteroatoms. The van der Waals surface area contributed by atoms with Crippen LogP contribution in [0, 0.1) is 0 Å². The van der Waals surface area contributed by atoms with Gasteiger partial charge in [-0.05, 0) is 6.16 Å². The zero-order valence-corrected chi connectivity index (χ0v) is 5.94. The van der Waals surface area contributed by atoms with Crippen LogP contribution in [0.25, 0.3) is 0 Å². The topological polar surface area (TPSA) is 17.1 Å². The molecule has 0 spiro atoms. The first-order chi connectivity index (χ1) is 2.91. The Morgan fingerprint density at radius 3 is 1.86 bits per heavy atom. The third kappa shape index (κ3) is 66.9. The minimum Gasteiger partial charge on any atom is -0.281 e. The summed E-state index contributed by atoms with van der Waals surface area (Å²) in [7, 11) is 2.54. The molecule has 0 saturated carbocycles. The average Bonchev–Trinajstić information content (AvgIpc) is 1.72. The van der Waals surface area contributed by atoms with E-state index in [0.29, 0.717) is 0 Å². The summed E-state index contributed by atoms with van der Waals surface area (Å²) in [6.07, 6.45) is 2.84. The van der Waals surface area contributed by atoms with Gasteiger partial charge in [0.2, 0.25) is 0 Å². The van der Waals surface area contributed by atoms with Crippen molar-refractivity contribution in [2.45, 2.75) is 0 Å². The van der Waals surface area contributed by atoms with Crippen LogP contribution in [-0.4, -0.2) is 13.0 Å². The van der Waals surface area contributed by atoms with Crippen molar-refractivity contribution in [1.29, 1.82) is 0 Å². The molecule has 7 heavy (non-hydrogen) atoms. The van der Waals surface area contributed by atoms with Crippen LogP contribution in [0.1, 0.15) is 0 Å². The molecule has 0 aromatic rings. The minimum atomic E-state index is 0. The van der Waals surface area contributed by atoms with Gasteiger partial charge in [0.25, 0.3) is 6.79 Å². The van der Waals surface area contributed by atoms with Crippen molar-refractivity contribution in [3.05, 3.63) is 12.7 Å². The van der Waals surface area contributed by atoms with Gasteiger partial charge in [0, 0.05) is 16.5 Å². The van der Waals surface area contributed by atoms with Crippen LogP contribution in [0.4, 0.5) is 0 Å². The predicted octanol–water partition coefficient (Wildman–Crippen LogP) is 0.648. The number of allylic oxidation sites excluding steroid dienone is 1. The third-order valence-electron chi connectivity index (χ3n) is 0.167. The molecule has 44 valence electrons. The van der Waals surface area contributed by atoms with Gasteiger partial charge in [0.1, 0.15) is 0 Å². The average molecular weight is 161 g/mol. The molecule has 0 heterocycles. The van der Waals surface area contributed by atoms with Crippen LogP contribution in [0.5, 0.6) is 0 Å². The predicted molar refractivity (Wildman–Crippen MR) is 30.5 cm³/mol. The van der Waals surface area contributed by atoms with Gasteiger partial charge in [-0.3, -0.25) is 4.79 Å². The third-order valence-corrected chi connectivity index (χ3v) is 0.500. The maximum absolute atomic E-state index is 7.50. The summed E-state index contributed by atoms with van der Waals surface area (Å²) in [6, 6.07) is 0. The van der Waals surface area contributed by atoms with Crippen molar-refractivity contribution in [2.75, 3.05) is 6.16 Å². The Hall–Kier alpha value is 0.334. The summed E-state index contributed by atoms with van der Waals surface area (Å²) in [5.41, 5.74) is 0. The van der Waals surface area contributed by atoms with E-state index in [1.807, 2.05) is 6.08 Å². The van der Waals surface area contributed by atoms with Gasteiger partial charge in [-0.1, -0.05) is 6.08 Å². The first-order valence-electron chi connectivity index (χ1n) is 1.43. The Balaban J connectivity index is -0.0000000480. The molecule has 0 bridgehead atoms. The Kier molecular flexibility index (Phi) is 74.0. The molecule has 0 rings (SSSR count). The van der Waals surface area contributed by atoms with Gasteiger partial charge in [-0.2, -0.15) is 0 Å². The van der Waals surface area contributed by atoms with E-state index in [9.17, 15) is 0 Å². The van der Waals surface area contributed by atoms with E-state index in [4.69, 9.17) is 4.79 Å². The van der Waals surface area contributed by atoms with Crippen LogP contribution in [0.15, 0.2) is 12.7 Å². The van der Waals surface area contributed by atoms with Gasteiger partial charge >= 0.3 is 0 Å². The van der Waals surface area contributed by atoms with Crippen molar-refractivity contribution in [2.24, 2.45) is 0 Å². The Morgan fingerprint density at radius 2 is 1.86 bits per heavy atom. The number of carbonyl (C=O) groups excluding carboxylic acids is 1. The van der Waals surface area contributed by atoms with Crippen LogP contribution < -0.4 is 0 Å². The van der Waals surface area contributed by atoms with Crippen molar-refractivity contribution in [3.8, 4) is 0 Å². The summed E-state index contributed by atoms with van der Waals surface area (Å²) in [5.74, 6) is 0. The Morgan fingerprint density at radius 1 is 1.71 bits per heavy atom. The molecular formula is C4H7NiOP. The fourth-order valence-corrected chi connectivity index (χ4v) is 0. The molecule has 0 N–H and O–H groups in total. The van der Waals surface area contributed by atoms with Crippen molar-refractivity contribution in [3.63, 3.8) is 0 Å². The van der Waals surface area contributed by atoms with Gasteiger partial charge < -0.3 is 0 Å². The van der Waals surface area contributed by atoms with Crippen LogP contribution in [0.2, 0.25) is 0 Å². The fourth-order valence-electron chi connectivity index (χ4n) is 0. The maximum atomic E-state index is 7.50. The van der Waals surface area contributed by atoms with Gasteiger partial charge in [0.15, 0.2) is 0 Å². The van der Waals surface area contributed by atoms with E-state index in [1.54, 1.807) is 0 Å². The molecule has 0 aliphatic heterocycles. The van der Waals surface area contributed by atoms with E-state index in [-0.39, 0.29) is 16.5 Å². The number of rotatable bonds is 1. The van der Waals surface area contributed by atoms with E-state index in [1.165, 1.54) is 0 Å². The van der Waals surface area contributed by atoms with Crippen LogP contribution in [0.3, 0.4) is 0 Å². The maximum Gasteiger partial charge on any atom is 0.281 e. The van der Waals surface area contributed by atoms with Crippen molar-refractivity contribution < 1.29 is 21.3 Å². The molecular weight excluding hydrogens is 154 g/mol. The monoisotopic (exact) mass is 160 g/mol. The first kappa shape index (κ1) is 15.7. The second-order valence-corrected chi connectivity index (χ2v) is 0.996. The molecule has 0 aliphatic rings. The SMILES string of the molecule is C=CCP.[C]=O.[Ni]. The van der Waals surface area contributed by atoms with E-state index in [0.717, 1.165) is 6.16 Å². The Labute approximate surface area is 56.7 Å². The summed E-state index contributed by atoms with van der Waals surface area (Å²) < 4.78 is 0. The molecule has 1 nitrogen and oxygen atoms in total. The van der Waals surface area contributed by atoms with E-state index < -0.39 is 0 Å². The summed E-state index contributed by atoms with van der Waals surface area (Å²) in [4.78, 5) is 7.50. The Bertz CT molecular complexity index is 32.9. The molecule has 1 atom stereocenters.